The van der Waals surface area contributed by atoms with E-state index in [4.69, 9.17) is 0 Å². The fourth-order valence-corrected chi connectivity index (χ4v) is 1.63. The van der Waals surface area contributed by atoms with Gasteiger partial charge < -0.3 is 16.0 Å². The van der Waals surface area contributed by atoms with E-state index in [1.54, 1.807) is 0 Å². The van der Waals surface area contributed by atoms with E-state index in [1.165, 1.54) is 13.1 Å². The van der Waals surface area contributed by atoms with Gasteiger partial charge in [0.15, 0.2) is 0 Å². The average Bonchev–Trinajstić information content (AvgIpc) is 1.89. The number of rotatable bonds is 0. The van der Waals surface area contributed by atoms with Crippen LogP contribution in [0.15, 0.2) is 0 Å². The highest BCUT2D eigenvalue weighted by Gasteiger charge is 2.29. The monoisotopic (exact) mass is 141 g/mol. The molecule has 0 aromatic carbocycles. The zero-order valence-corrected chi connectivity index (χ0v) is 6.19. The standard InChI is InChI=1S/C7H15N3/c1-2-9-5-7-6(3-8-1)4-10-7/h6-10H,1-5H2. The van der Waals surface area contributed by atoms with Crippen LogP contribution in [0.4, 0.5) is 0 Å². The van der Waals surface area contributed by atoms with Gasteiger partial charge in [0, 0.05) is 44.7 Å². The predicted molar refractivity (Wildman–Crippen MR) is 41.0 cm³/mol. The molecule has 0 amide bonds. The molecule has 2 aliphatic heterocycles. The van der Waals surface area contributed by atoms with Gasteiger partial charge in [0.2, 0.25) is 0 Å². The molecule has 2 rings (SSSR count). The first-order valence-electron chi connectivity index (χ1n) is 4.11. The lowest BCUT2D eigenvalue weighted by Gasteiger charge is -2.40. The normalized spacial score (nSPS) is 40.8. The third-order valence-corrected chi connectivity index (χ3v) is 2.46. The van der Waals surface area contributed by atoms with Crippen LogP contribution in [-0.2, 0) is 0 Å². The van der Waals surface area contributed by atoms with Crippen molar-refractivity contribution in [3.8, 4) is 0 Å². The Morgan fingerprint density at radius 2 is 1.70 bits per heavy atom. The summed E-state index contributed by atoms with van der Waals surface area (Å²) in [6.45, 7) is 5.82. The van der Waals surface area contributed by atoms with E-state index < -0.39 is 0 Å². The minimum atomic E-state index is 0.743. The molecule has 2 fully saturated rings. The van der Waals surface area contributed by atoms with Crippen molar-refractivity contribution in [2.75, 3.05) is 32.7 Å². The first kappa shape index (κ1) is 6.58. The van der Waals surface area contributed by atoms with Crippen molar-refractivity contribution in [2.45, 2.75) is 6.04 Å². The average molecular weight is 141 g/mol. The Labute approximate surface area is 61.6 Å². The molecule has 2 saturated heterocycles. The SMILES string of the molecule is C1CNCC2NCC2CN1. The molecular weight excluding hydrogens is 126 g/mol. The Bertz CT molecular complexity index is 101. The summed E-state index contributed by atoms with van der Waals surface area (Å²) in [5, 5.41) is 10.2. The van der Waals surface area contributed by atoms with Gasteiger partial charge in [-0.15, -0.1) is 0 Å². The zero-order chi connectivity index (χ0) is 6.81. The van der Waals surface area contributed by atoms with E-state index >= 15 is 0 Å². The van der Waals surface area contributed by atoms with Gasteiger partial charge in [0.1, 0.15) is 0 Å². The summed E-state index contributed by atoms with van der Waals surface area (Å²) < 4.78 is 0. The Morgan fingerprint density at radius 1 is 0.900 bits per heavy atom. The molecule has 0 aromatic rings. The minimum absolute atomic E-state index is 0.743. The van der Waals surface area contributed by atoms with Crippen LogP contribution in [0.25, 0.3) is 0 Å². The van der Waals surface area contributed by atoms with Gasteiger partial charge in [-0.3, -0.25) is 0 Å². The van der Waals surface area contributed by atoms with Crippen molar-refractivity contribution in [3.63, 3.8) is 0 Å². The second-order valence-electron chi connectivity index (χ2n) is 3.18. The van der Waals surface area contributed by atoms with Gasteiger partial charge in [-0.25, -0.2) is 0 Å². The molecule has 2 atom stereocenters. The van der Waals surface area contributed by atoms with Gasteiger partial charge in [0.25, 0.3) is 0 Å². The van der Waals surface area contributed by atoms with Gasteiger partial charge in [-0.05, 0) is 0 Å². The Hall–Kier alpha value is -0.120. The van der Waals surface area contributed by atoms with Crippen molar-refractivity contribution in [3.05, 3.63) is 0 Å². The Kier molecular flexibility index (Phi) is 1.88. The van der Waals surface area contributed by atoms with Crippen molar-refractivity contribution in [1.29, 1.82) is 0 Å². The smallest absolute Gasteiger partial charge is 0.0245 e. The van der Waals surface area contributed by atoms with Gasteiger partial charge in [-0.2, -0.15) is 0 Å². The van der Waals surface area contributed by atoms with E-state index in [1.807, 2.05) is 0 Å². The molecule has 2 unspecified atom stereocenters. The van der Waals surface area contributed by atoms with E-state index in [-0.39, 0.29) is 0 Å². The third-order valence-electron chi connectivity index (χ3n) is 2.46. The fraction of sp³-hybridized carbons (Fsp3) is 1.00. The Balaban J connectivity index is 1.83. The molecule has 3 heteroatoms. The van der Waals surface area contributed by atoms with Crippen LogP contribution < -0.4 is 16.0 Å². The summed E-state index contributed by atoms with van der Waals surface area (Å²) in [5.74, 6) is 0.882. The fourth-order valence-electron chi connectivity index (χ4n) is 1.63. The van der Waals surface area contributed by atoms with Gasteiger partial charge in [0.05, 0.1) is 0 Å². The molecule has 0 spiro atoms. The summed E-state index contributed by atoms with van der Waals surface area (Å²) in [7, 11) is 0. The van der Waals surface area contributed by atoms with E-state index in [0.29, 0.717) is 0 Å². The quantitative estimate of drug-likeness (QED) is 0.395. The molecule has 2 heterocycles. The summed E-state index contributed by atoms with van der Waals surface area (Å²) in [6, 6.07) is 0.743. The summed E-state index contributed by atoms with van der Waals surface area (Å²) in [4.78, 5) is 0. The van der Waals surface area contributed by atoms with Crippen LogP contribution in [0.3, 0.4) is 0 Å². The lowest BCUT2D eigenvalue weighted by atomic mass is 9.91. The Morgan fingerprint density at radius 3 is 2.40 bits per heavy atom. The number of fused-ring (bicyclic) bond motifs is 1. The summed E-state index contributed by atoms with van der Waals surface area (Å²) in [6.07, 6.45) is 0. The molecule has 0 aliphatic carbocycles. The largest absolute Gasteiger partial charge is 0.315 e. The maximum atomic E-state index is 3.42. The minimum Gasteiger partial charge on any atom is -0.315 e. The molecule has 0 aromatic heterocycles. The van der Waals surface area contributed by atoms with Crippen LogP contribution >= 0.6 is 0 Å². The first-order chi connectivity index (χ1) is 4.97. The maximum absolute atomic E-state index is 3.42. The van der Waals surface area contributed by atoms with Crippen molar-refractivity contribution >= 4 is 0 Å². The molecule has 58 valence electrons. The highest BCUT2D eigenvalue weighted by atomic mass is 15.1. The van der Waals surface area contributed by atoms with Crippen LogP contribution in [-0.4, -0.2) is 38.8 Å². The van der Waals surface area contributed by atoms with E-state index in [2.05, 4.69) is 16.0 Å². The molecule has 0 bridgehead atoms. The highest BCUT2D eigenvalue weighted by molar-refractivity contribution is 4.91. The van der Waals surface area contributed by atoms with Crippen molar-refractivity contribution in [1.82, 2.24) is 16.0 Å². The summed E-state index contributed by atoms with van der Waals surface area (Å²) in [5.41, 5.74) is 0. The number of hydrogen-bond acceptors (Lipinski definition) is 3. The van der Waals surface area contributed by atoms with Gasteiger partial charge in [-0.1, -0.05) is 0 Å². The molecule has 2 aliphatic rings. The van der Waals surface area contributed by atoms with Crippen molar-refractivity contribution < 1.29 is 0 Å². The van der Waals surface area contributed by atoms with E-state index in [9.17, 15) is 0 Å². The lowest BCUT2D eigenvalue weighted by Crippen LogP contribution is -2.62. The summed E-state index contributed by atoms with van der Waals surface area (Å²) >= 11 is 0. The zero-order valence-electron chi connectivity index (χ0n) is 6.19. The number of hydrogen-bond donors (Lipinski definition) is 3. The second-order valence-corrected chi connectivity index (χ2v) is 3.18. The predicted octanol–water partition coefficient (Wildman–Crippen LogP) is -1.23. The van der Waals surface area contributed by atoms with Crippen LogP contribution in [0, 0.1) is 5.92 Å². The maximum Gasteiger partial charge on any atom is 0.0245 e. The lowest BCUT2D eigenvalue weighted by molar-refractivity contribution is 0.209. The molecule has 3 N–H and O–H groups in total. The molecule has 0 radical (unpaired) electrons. The molecule has 10 heavy (non-hydrogen) atoms. The van der Waals surface area contributed by atoms with Crippen LogP contribution in [0.1, 0.15) is 0 Å². The topological polar surface area (TPSA) is 36.1 Å². The number of nitrogens with one attached hydrogen (secondary N) is 3. The van der Waals surface area contributed by atoms with E-state index in [0.717, 1.165) is 31.6 Å². The van der Waals surface area contributed by atoms with Crippen LogP contribution in [0.2, 0.25) is 0 Å². The first-order valence-corrected chi connectivity index (χ1v) is 4.11. The molecule has 3 nitrogen and oxygen atoms in total. The second kappa shape index (κ2) is 2.86. The van der Waals surface area contributed by atoms with Crippen LogP contribution in [0.5, 0.6) is 0 Å². The molecule has 0 saturated carbocycles. The molecular formula is C7H15N3. The third kappa shape index (κ3) is 1.17. The van der Waals surface area contributed by atoms with Gasteiger partial charge >= 0.3 is 0 Å². The van der Waals surface area contributed by atoms with Crippen molar-refractivity contribution in [2.24, 2.45) is 5.92 Å². The highest BCUT2D eigenvalue weighted by Crippen LogP contribution is 2.11.